The second-order valence-corrected chi connectivity index (χ2v) is 8.15. The van der Waals surface area contributed by atoms with E-state index in [1.54, 1.807) is 18.8 Å². The number of aromatic nitrogens is 2. The second kappa shape index (κ2) is 9.60. The lowest BCUT2D eigenvalue weighted by atomic mass is 10.1. The zero-order valence-corrected chi connectivity index (χ0v) is 17.8. The summed E-state index contributed by atoms with van der Waals surface area (Å²) < 4.78 is 1.99. The van der Waals surface area contributed by atoms with Gasteiger partial charge in [0.05, 0.1) is 12.2 Å². The summed E-state index contributed by atoms with van der Waals surface area (Å²) in [5.41, 5.74) is 4.87. The van der Waals surface area contributed by atoms with Crippen LogP contribution in [0.15, 0.2) is 48.8 Å². The van der Waals surface area contributed by atoms with Crippen LogP contribution in [0.4, 0.5) is 5.69 Å². The number of pyridine rings is 1. The SMILES string of the molecule is Cc1cccc(NC(=O)CN(C)C(=O)CCSCc2cn3ccccc3n2)c1C. The number of carbonyl (C=O) groups is 2. The Morgan fingerprint density at radius 1 is 1.17 bits per heavy atom. The van der Waals surface area contributed by atoms with Crippen LogP contribution in [-0.4, -0.2) is 45.4 Å². The molecule has 0 fully saturated rings. The number of nitrogens with one attached hydrogen (secondary N) is 1. The van der Waals surface area contributed by atoms with Crippen molar-refractivity contribution < 1.29 is 9.59 Å². The number of hydrogen-bond acceptors (Lipinski definition) is 4. The third kappa shape index (κ3) is 5.60. The molecule has 0 radical (unpaired) electrons. The number of anilines is 1. The minimum absolute atomic E-state index is 0.0383. The number of thioether (sulfide) groups is 1. The molecule has 0 spiro atoms. The third-order valence-electron chi connectivity index (χ3n) is 4.81. The van der Waals surface area contributed by atoms with Crippen LogP contribution in [0.25, 0.3) is 5.65 Å². The summed E-state index contributed by atoms with van der Waals surface area (Å²) in [6.07, 6.45) is 4.37. The van der Waals surface area contributed by atoms with Gasteiger partial charge in [-0.05, 0) is 43.2 Å². The number of fused-ring (bicyclic) bond motifs is 1. The maximum absolute atomic E-state index is 12.3. The largest absolute Gasteiger partial charge is 0.336 e. The van der Waals surface area contributed by atoms with Crippen LogP contribution in [0.3, 0.4) is 0 Å². The topological polar surface area (TPSA) is 66.7 Å². The van der Waals surface area contributed by atoms with Crippen molar-refractivity contribution in [3.05, 3.63) is 65.6 Å². The fourth-order valence-corrected chi connectivity index (χ4v) is 3.78. The number of nitrogens with zero attached hydrogens (tertiary/aromatic N) is 3. The predicted molar refractivity (Wildman–Crippen MR) is 118 cm³/mol. The highest BCUT2D eigenvalue weighted by Crippen LogP contribution is 2.18. The Morgan fingerprint density at radius 2 is 2.00 bits per heavy atom. The first-order valence-electron chi connectivity index (χ1n) is 9.54. The monoisotopic (exact) mass is 410 g/mol. The molecule has 3 rings (SSSR count). The molecular weight excluding hydrogens is 384 g/mol. The fourth-order valence-electron chi connectivity index (χ4n) is 2.96. The minimum atomic E-state index is -0.188. The second-order valence-electron chi connectivity index (χ2n) is 7.05. The number of imidazole rings is 1. The van der Waals surface area contributed by atoms with Gasteiger partial charge in [-0.15, -0.1) is 0 Å². The van der Waals surface area contributed by atoms with Gasteiger partial charge in [0, 0.05) is 43.1 Å². The number of hydrogen-bond donors (Lipinski definition) is 1. The average molecular weight is 411 g/mol. The van der Waals surface area contributed by atoms with Gasteiger partial charge in [-0.3, -0.25) is 9.59 Å². The van der Waals surface area contributed by atoms with Gasteiger partial charge in [-0.1, -0.05) is 18.2 Å². The Kier molecular flexibility index (Phi) is 6.93. The van der Waals surface area contributed by atoms with Crippen LogP contribution in [0.5, 0.6) is 0 Å². The van der Waals surface area contributed by atoms with E-state index in [0.717, 1.165) is 33.9 Å². The Hall–Kier alpha value is -2.80. The average Bonchev–Trinajstić information content (AvgIpc) is 3.11. The molecule has 29 heavy (non-hydrogen) atoms. The van der Waals surface area contributed by atoms with Gasteiger partial charge in [0.1, 0.15) is 5.65 Å². The maximum Gasteiger partial charge on any atom is 0.243 e. The molecule has 1 N–H and O–H groups in total. The first-order chi connectivity index (χ1) is 13.9. The van der Waals surface area contributed by atoms with Gasteiger partial charge < -0.3 is 14.6 Å². The molecule has 0 saturated carbocycles. The zero-order chi connectivity index (χ0) is 20.8. The summed E-state index contributed by atoms with van der Waals surface area (Å²) in [7, 11) is 1.66. The van der Waals surface area contributed by atoms with Crippen molar-refractivity contribution in [1.82, 2.24) is 14.3 Å². The highest BCUT2D eigenvalue weighted by atomic mass is 32.2. The molecule has 2 amide bonds. The van der Waals surface area contributed by atoms with Crippen molar-refractivity contribution in [3.63, 3.8) is 0 Å². The smallest absolute Gasteiger partial charge is 0.243 e. The summed E-state index contributed by atoms with van der Waals surface area (Å²) in [5.74, 6) is 1.22. The predicted octanol–water partition coefficient (Wildman–Crippen LogP) is 3.67. The van der Waals surface area contributed by atoms with E-state index >= 15 is 0 Å². The number of carbonyl (C=O) groups excluding carboxylic acids is 2. The van der Waals surface area contributed by atoms with E-state index in [0.29, 0.717) is 12.2 Å². The number of aryl methyl sites for hydroxylation is 1. The van der Waals surface area contributed by atoms with E-state index in [9.17, 15) is 9.59 Å². The molecule has 0 atom stereocenters. The molecule has 0 aliphatic carbocycles. The molecule has 0 saturated heterocycles. The minimum Gasteiger partial charge on any atom is -0.336 e. The molecular formula is C22H26N4O2S. The molecule has 3 aromatic rings. The zero-order valence-electron chi connectivity index (χ0n) is 17.0. The van der Waals surface area contributed by atoms with Gasteiger partial charge >= 0.3 is 0 Å². The van der Waals surface area contributed by atoms with Gasteiger partial charge in [0.2, 0.25) is 11.8 Å². The maximum atomic E-state index is 12.3. The highest BCUT2D eigenvalue weighted by Gasteiger charge is 2.14. The summed E-state index contributed by atoms with van der Waals surface area (Å²) in [5, 5.41) is 2.89. The van der Waals surface area contributed by atoms with Crippen molar-refractivity contribution in [3.8, 4) is 0 Å². The Labute approximate surface area is 175 Å². The molecule has 2 heterocycles. The van der Waals surface area contributed by atoms with E-state index in [-0.39, 0.29) is 18.4 Å². The quantitative estimate of drug-likeness (QED) is 0.576. The molecule has 6 nitrogen and oxygen atoms in total. The van der Waals surface area contributed by atoms with Gasteiger partial charge in [0.15, 0.2) is 0 Å². The standard InChI is InChI=1S/C22H26N4O2S/c1-16-7-6-8-19(17(16)2)24-21(27)14-25(3)22(28)10-12-29-15-18-13-26-11-5-4-9-20(26)23-18/h4-9,11,13H,10,12,14-15H2,1-3H3,(H,24,27). The summed E-state index contributed by atoms with van der Waals surface area (Å²) >= 11 is 1.67. The Morgan fingerprint density at radius 3 is 2.79 bits per heavy atom. The number of benzene rings is 1. The van der Waals surface area contributed by atoms with Crippen LogP contribution in [0.2, 0.25) is 0 Å². The Bertz CT molecular complexity index is 982. The molecule has 0 unspecified atom stereocenters. The molecule has 0 aliphatic rings. The van der Waals surface area contributed by atoms with E-state index in [1.165, 1.54) is 4.90 Å². The van der Waals surface area contributed by atoms with Gasteiger partial charge in [0.25, 0.3) is 0 Å². The van der Waals surface area contributed by atoms with Crippen LogP contribution in [-0.2, 0) is 15.3 Å². The van der Waals surface area contributed by atoms with Crippen LogP contribution in [0, 0.1) is 13.8 Å². The molecule has 0 bridgehead atoms. The molecule has 1 aromatic carbocycles. The van der Waals surface area contributed by atoms with Crippen LogP contribution in [0.1, 0.15) is 23.2 Å². The number of amides is 2. The van der Waals surface area contributed by atoms with Crippen LogP contribution >= 0.6 is 11.8 Å². The van der Waals surface area contributed by atoms with Crippen LogP contribution < -0.4 is 5.32 Å². The molecule has 0 aliphatic heterocycles. The van der Waals surface area contributed by atoms with Gasteiger partial charge in [-0.2, -0.15) is 11.8 Å². The van der Waals surface area contributed by atoms with Crippen molar-refractivity contribution in [1.29, 1.82) is 0 Å². The number of rotatable bonds is 8. The van der Waals surface area contributed by atoms with Crippen molar-refractivity contribution in [2.45, 2.75) is 26.0 Å². The molecule has 152 valence electrons. The van der Waals surface area contributed by atoms with Gasteiger partial charge in [-0.25, -0.2) is 4.98 Å². The van der Waals surface area contributed by atoms with Crippen molar-refractivity contribution in [2.24, 2.45) is 0 Å². The first-order valence-corrected chi connectivity index (χ1v) is 10.7. The summed E-state index contributed by atoms with van der Waals surface area (Å²) in [6, 6.07) is 11.7. The summed E-state index contributed by atoms with van der Waals surface area (Å²) in [4.78, 5) is 30.6. The van der Waals surface area contributed by atoms with E-state index in [4.69, 9.17) is 0 Å². The van der Waals surface area contributed by atoms with E-state index in [1.807, 2.05) is 67.0 Å². The molecule has 7 heteroatoms. The third-order valence-corrected chi connectivity index (χ3v) is 5.80. The highest BCUT2D eigenvalue weighted by molar-refractivity contribution is 7.98. The van der Waals surface area contributed by atoms with Crippen molar-refractivity contribution in [2.75, 3.05) is 24.7 Å². The fraction of sp³-hybridized carbons (Fsp3) is 0.318. The lowest BCUT2D eigenvalue weighted by Crippen LogP contribution is -2.35. The normalized spacial score (nSPS) is 10.9. The first kappa shape index (κ1) is 20.9. The van der Waals surface area contributed by atoms with Crippen molar-refractivity contribution >= 4 is 34.9 Å². The number of likely N-dealkylation sites (N-methyl/N-ethyl adjacent to an activating group) is 1. The molecule has 2 aromatic heterocycles. The van der Waals surface area contributed by atoms with E-state index < -0.39 is 0 Å². The lowest BCUT2D eigenvalue weighted by molar-refractivity contribution is -0.132. The Balaban J connectivity index is 1.40. The summed E-state index contributed by atoms with van der Waals surface area (Å²) in [6.45, 7) is 4.02. The lowest BCUT2D eigenvalue weighted by Gasteiger charge is -2.17. The van der Waals surface area contributed by atoms with E-state index in [2.05, 4.69) is 10.3 Å².